The van der Waals surface area contributed by atoms with Crippen LogP contribution in [0.15, 0.2) is 30.3 Å². The SMILES string of the molecule is Cc1cccc(C(=O)NCCc2cc(C)n(C)n2)c1. The number of hydrogen-bond acceptors (Lipinski definition) is 2. The first-order chi connectivity index (χ1) is 9.06. The van der Waals surface area contributed by atoms with Crippen LogP contribution in [0.4, 0.5) is 0 Å². The van der Waals surface area contributed by atoms with Gasteiger partial charge in [-0.25, -0.2) is 0 Å². The minimum absolute atomic E-state index is 0.0312. The first-order valence-electron chi connectivity index (χ1n) is 6.40. The van der Waals surface area contributed by atoms with Crippen LogP contribution in [0.1, 0.15) is 27.3 Å². The fraction of sp³-hybridized carbons (Fsp3) is 0.333. The fourth-order valence-electron chi connectivity index (χ4n) is 1.95. The first kappa shape index (κ1) is 13.3. The van der Waals surface area contributed by atoms with Crippen molar-refractivity contribution in [1.82, 2.24) is 15.1 Å². The Morgan fingerprint density at radius 2 is 2.11 bits per heavy atom. The zero-order chi connectivity index (χ0) is 13.8. The van der Waals surface area contributed by atoms with Crippen molar-refractivity contribution in [3.05, 3.63) is 52.8 Å². The molecule has 1 aromatic heterocycles. The highest BCUT2D eigenvalue weighted by Crippen LogP contribution is 2.04. The van der Waals surface area contributed by atoms with Crippen molar-refractivity contribution >= 4 is 5.91 Å². The molecule has 0 unspecified atom stereocenters. The number of carbonyl (C=O) groups excluding carboxylic acids is 1. The quantitative estimate of drug-likeness (QED) is 0.910. The number of hydrogen-bond donors (Lipinski definition) is 1. The topological polar surface area (TPSA) is 46.9 Å². The molecule has 0 bridgehead atoms. The van der Waals surface area contributed by atoms with Gasteiger partial charge in [0.1, 0.15) is 0 Å². The lowest BCUT2D eigenvalue weighted by atomic mass is 10.1. The van der Waals surface area contributed by atoms with Crippen molar-refractivity contribution in [1.29, 1.82) is 0 Å². The van der Waals surface area contributed by atoms with Crippen LogP contribution in [0.3, 0.4) is 0 Å². The summed E-state index contributed by atoms with van der Waals surface area (Å²) in [4.78, 5) is 11.9. The van der Waals surface area contributed by atoms with E-state index >= 15 is 0 Å². The molecule has 0 aliphatic rings. The monoisotopic (exact) mass is 257 g/mol. The predicted octanol–water partition coefficient (Wildman–Crippen LogP) is 2.01. The molecule has 0 aliphatic carbocycles. The second kappa shape index (κ2) is 5.69. The maximum atomic E-state index is 11.9. The molecular formula is C15H19N3O. The zero-order valence-corrected chi connectivity index (χ0v) is 11.6. The molecule has 2 rings (SSSR count). The van der Waals surface area contributed by atoms with E-state index in [2.05, 4.69) is 10.4 Å². The van der Waals surface area contributed by atoms with Crippen LogP contribution in [-0.4, -0.2) is 22.2 Å². The molecule has 0 saturated heterocycles. The Balaban J connectivity index is 1.87. The highest BCUT2D eigenvalue weighted by atomic mass is 16.1. The Labute approximate surface area is 113 Å². The summed E-state index contributed by atoms with van der Waals surface area (Å²) in [6.45, 7) is 4.60. The largest absolute Gasteiger partial charge is 0.352 e. The molecule has 1 amide bonds. The lowest BCUT2D eigenvalue weighted by Crippen LogP contribution is -2.25. The van der Waals surface area contributed by atoms with Crippen LogP contribution in [0.2, 0.25) is 0 Å². The van der Waals surface area contributed by atoms with E-state index in [0.717, 1.165) is 23.4 Å². The minimum atomic E-state index is -0.0312. The molecule has 1 aromatic carbocycles. The molecular weight excluding hydrogens is 238 g/mol. The summed E-state index contributed by atoms with van der Waals surface area (Å²) in [7, 11) is 1.92. The van der Waals surface area contributed by atoms with Gasteiger partial charge in [0.15, 0.2) is 0 Å². The highest BCUT2D eigenvalue weighted by molar-refractivity contribution is 5.94. The number of rotatable bonds is 4. The molecule has 0 fully saturated rings. The Bertz CT molecular complexity index is 567. The molecule has 19 heavy (non-hydrogen) atoms. The van der Waals surface area contributed by atoms with Gasteiger partial charge in [0.05, 0.1) is 5.69 Å². The predicted molar refractivity (Wildman–Crippen MR) is 75.2 cm³/mol. The lowest BCUT2D eigenvalue weighted by Gasteiger charge is -2.04. The number of aryl methyl sites for hydroxylation is 3. The Kier molecular flexibility index (Phi) is 4.00. The molecule has 2 aromatic rings. The average molecular weight is 257 g/mol. The van der Waals surface area contributed by atoms with Crippen molar-refractivity contribution in [3.63, 3.8) is 0 Å². The highest BCUT2D eigenvalue weighted by Gasteiger charge is 2.06. The second-order valence-corrected chi connectivity index (χ2v) is 4.78. The van der Waals surface area contributed by atoms with E-state index in [1.54, 1.807) is 0 Å². The molecule has 0 spiro atoms. The van der Waals surface area contributed by atoms with Gasteiger partial charge in [0, 0.05) is 31.3 Å². The third-order valence-corrected chi connectivity index (χ3v) is 3.11. The Hall–Kier alpha value is -2.10. The minimum Gasteiger partial charge on any atom is -0.352 e. The van der Waals surface area contributed by atoms with E-state index < -0.39 is 0 Å². The zero-order valence-electron chi connectivity index (χ0n) is 11.6. The molecule has 0 aliphatic heterocycles. The number of carbonyl (C=O) groups is 1. The number of benzene rings is 1. The molecule has 0 radical (unpaired) electrons. The van der Waals surface area contributed by atoms with Crippen LogP contribution >= 0.6 is 0 Å². The summed E-state index contributed by atoms with van der Waals surface area (Å²) in [5, 5.41) is 7.27. The van der Waals surface area contributed by atoms with Crippen molar-refractivity contribution < 1.29 is 4.79 Å². The van der Waals surface area contributed by atoms with E-state index in [4.69, 9.17) is 0 Å². The van der Waals surface area contributed by atoms with Crippen molar-refractivity contribution in [2.75, 3.05) is 6.54 Å². The number of aromatic nitrogens is 2. The van der Waals surface area contributed by atoms with Crippen molar-refractivity contribution in [2.45, 2.75) is 20.3 Å². The van der Waals surface area contributed by atoms with Gasteiger partial charge in [-0.1, -0.05) is 17.7 Å². The smallest absolute Gasteiger partial charge is 0.251 e. The van der Waals surface area contributed by atoms with Gasteiger partial charge >= 0.3 is 0 Å². The van der Waals surface area contributed by atoms with E-state index in [1.807, 2.05) is 55.9 Å². The number of nitrogens with zero attached hydrogens (tertiary/aromatic N) is 2. The summed E-state index contributed by atoms with van der Waals surface area (Å²) >= 11 is 0. The maximum Gasteiger partial charge on any atom is 0.251 e. The summed E-state index contributed by atoms with van der Waals surface area (Å²) < 4.78 is 1.84. The number of amides is 1. The third kappa shape index (κ3) is 3.44. The molecule has 4 heteroatoms. The average Bonchev–Trinajstić information content (AvgIpc) is 2.68. The lowest BCUT2D eigenvalue weighted by molar-refractivity contribution is 0.0954. The Morgan fingerprint density at radius 3 is 2.74 bits per heavy atom. The molecule has 100 valence electrons. The van der Waals surface area contributed by atoms with Crippen LogP contribution in [0.5, 0.6) is 0 Å². The fourth-order valence-corrected chi connectivity index (χ4v) is 1.95. The van der Waals surface area contributed by atoms with Gasteiger partial charge in [0.2, 0.25) is 0 Å². The Morgan fingerprint density at radius 1 is 1.32 bits per heavy atom. The van der Waals surface area contributed by atoms with Crippen LogP contribution in [0, 0.1) is 13.8 Å². The van der Waals surface area contributed by atoms with Gasteiger partial charge < -0.3 is 5.32 Å². The van der Waals surface area contributed by atoms with Gasteiger partial charge in [-0.05, 0) is 32.0 Å². The van der Waals surface area contributed by atoms with Crippen LogP contribution < -0.4 is 5.32 Å². The summed E-state index contributed by atoms with van der Waals surface area (Å²) in [5.74, 6) is -0.0312. The van der Waals surface area contributed by atoms with Gasteiger partial charge in [-0.2, -0.15) is 5.10 Å². The van der Waals surface area contributed by atoms with Gasteiger partial charge in [0.25, 0.3) is 5.91 Å². The summed E-state index contributed by atoms with van der Waals surface area (Å²) in [6.07, 6.45) is 0.749. The van der Waals surface area contributed by atoms with Crippen molar-refractivity contribution in [2.24, 2.45) is 7.05 Å². The normalized spacial score (nSPS) is 10.5. The molecule has 0 saturated carbocycles. The molecule has 0 atom stereocenters. The number of nitrogens with one attached hydrogen (secondary N) is 1. The molecule has 1 heterocycles. The second-order valence-electron chi connectivity index (χ2n) is 4.78. The van der Waals surface area contributed by atoms with E-state index in [-0.39, 0.29) is 5.91 Å². The van der Waals surface area contributed by atoms with Crippen LogP contribution in [0.25, 0.3) is 0 Å². The van der Waals surface area contributed by atoms with E-state index in [0.29, 0.717) is 12.1 Å². The first-order valence-corrected chi connectivity index (χ1v) is 6.40. The van der Waals surface area contributed by atoms with Gasteiger partial charge in [-0.3, -0.25) is 9.48 Å². The maximum absolute atomic E-state index is 11.9. The standard InChI is InChI=1S/C15H19N3O/c1-11-5-4-6-13(9-11)15(19)16-8-7-14-10-12(2)18(3)17-14/h4-6,9-10H,7-8H2,1-3H3,(H,16,19). The van der Waals surface area contributed by atoms with Gasteiger partial charge in [-0.15, -0.1) is 0 Å². The van der Waals surface area contributed by atoms with Crippen LogP contribution in [-0.2, 0) is 13.5 Å². The molecule has 4 nitrogen and oxygen atoms in total. The third-order valence-electron chi connectivity index (χ3n) is 3.11. The van der Waals surface area contributed by atoms with Crippen molar-refractivity contribution in [3.8, 4) is 0 Å². The van der Waals surface area contributed by atoms with E-state index in [1.165, 1.54) is 0 Å². The van der Waals surface area contributed by atoms with E-state index in [9.17, 15) is 4.79 Å². The summed E-state index contributed by atoms with van der Waals surface area (Å²) in [6, 6.07) is 9.63. The molecule has 1 N–H and O–H groups in total. The summed E-state index contributed by atoms with van der Waals surface area (Å²) in [5.41, 5.74) is 3.93.